The Morgan fingerprint density at radius 1 is 1.00 bits per heavy atom. The van der Waals surface area contributed by atoms with Crippen LogP contribution in [-0.2, 0) is 0 Å². The van der Waals surface area contributed by atoms with E-state index in [0.29, 0.717) is 16.7 Å². The maximum atomic E-state index is 3.65. The maximum Gasteiger partial charge on any atom is 0.0175 e. The fourth-order valence-electron chi connectivity index (χ4n) is 4.50. The lowest BCUT2D eigenvalue weighted by molar-refractivity contribution is 0.131. The fraction of sp³-hybridized carbons (Fsp3) is 0.684. The van der Waals surface area contributed by atoms with Gasteiger partial charge in [0.25, 0.3) is 0 Å². The molecule has 1 aliphatic heterocycles. The van der Waals surface area contributed by atoms with Gasteiger partial charge in [-0.25, -0.2) is 0 Å². The molecule has 1 N–H and O–H groups in total. The second-order valence-corrected chi connectivity index (χ2v) is 8.85. The lowest BCUT2D eigenvalue weighted by atomic mass is 9.63. The van der Waals surface area contributed by atoms with Crippen LogP contribution < -0.4 is 5.32 Å². The first-order valence-corrected chi connectivity index (χ1v) is 9.26. The molecule has 1 heterocycles. The Morgan fingerprint density at radius 3 is 2.52 bits per heavy atom. The average Bonchev–Trinajstić information content (AvgIpc) is 2.61. The van der Waals surface area contributed by atoms with Gasteiger partial charge in [0.2, 0.25) is 0 Å². The van der Waals surface area contributed by atoms with Gasteiger partial charge < -0.3 is 5.32 Å². The molecular weight excluding hydrogens is 322 g/mol. The second kappa shape index (κ2) is 6.04. The molecule has 116 valence electrons. The molecule has 2 fully saturated rings. The first kappa shape index (κ1) is 15.6. The summed E-state index contributed by atoms with van der Waals surface area (Å²) in [6.07, 6.45) is 8.36. The monoisotopic (exact) mass is 349 g/mol. The van der Waals surface area contributed by atoms with E-state index in [1.54, 1.807) is 0 Å². The Bertz CT molecular complexity index is 479. The molecule has 1 spiro atoms. The highest BCUT2D eigenvalue weighted by Gasteiger charge is 2.43. The summed E-state index contributed by atoms with van der Waals surface area (Å²) in [7, 11) is 0. The second-order valence-electron chi connectivity index (χ2n) is 7.94. The minimum atomic E-state index is 0.535. The summed E-state index contributed by atoms with van der Waals surface area (Å²) in [6, 6.07) is 9.08. The van der Waals surface area contributed by atoms with Crippen molar-refractivity contribution in [2.75, 3.05) is 13.1 Å². The van der Waals surface area contributed by atoms with E-state index in [4.69, 9.17) is 0 Å². The molecule has 0 radical (unpaired) electrons. The number of nitrogens with one attached hydrogen (secondary N) is 1. The molecule has 1 aliphatic carbocycles. The van der Waals surface area contributed by atoms with Gasteiger partial charge in [-0.1, -0.05) is 48.3 Å². The summed E-state index contributed by atoms with van der Waals surface area (Å²) in [4.78, 5) is 0. The van der Waals surface area contributed by atoms with Gasteiger partial charge in [0, 0.05) is 16.9 Å². The molecule has 1 saturated heterocycles. The van der Waals surface area contributed by atoms with Crippen LogP contribution in [0.15, 0.2) is 28.7 Å². The number of piperidine rings is 1. The number of hydrogen-bond donors (Lipinski definition) is 1. The Balaban J connectivity index is 1.88. The standard InChI is InChI=1S/C19H28BrN/c1-18(2)8-3-9-19(11-10-18)12-13-21-14-17(19)15-4-6-16(20)7-5-15/h4-7,17,21H,3,8-14H2,1-2H3. The molecule has 21 heavy (non-hydrogen) atoms. The van der Waals surface area contributed by atoms with Crippen molar-refractivity contribution in [1.82, 2.24) is 5.32 Å². The minimum Gasteiger partial charge on any atom is -0.316 e. The summed E-state index contributed by atoms with van der Waals surface area (Å²) in [5, 5.41) is 3.65. The van der Waals surface area contributed by atoms with Crippen molar-refractivity contribution in [2.24, 2.45) is 10.8 Å². The highest BCUT2D eigenvalue weighted by molar-refractivity contribution is 9.10. The molecule has 1 nitrogen and oxygen atoms in total. The molecule has 0 aromatic heterocycles. The van der Waals surface area contributed by atoms with Gasteiger partial charge in [-0.3, -0.25) is 0 Å². The van der Waals surface area contributed by atoms with Crippen molar-refractivity contribution < 1.29 is 0 Å². The highest BCUT2D eigenvalue weighted by Crippen LogP contribution is 2.52. The van der Waals surface area contributed by atoms with E-state index in [1.165, 1.54) is 55.1 Å². The average molecular weight is 350 g/mol. The Morgan fingerprint density at radius 2 is 1.76 bits per heavy atom. The molecule has 3 rings (SSSR count). The van der Waals surface area contributed by atoms with Crippen LogP contribution in [0.3, 0.4) is 0 Å². The Hall–Kier alpha value is -0.340. The van der Waals surface area contributed by atoms with E-state index in [-0.39, 0.29) is 0 Å². The van der Waals surface area contributed by atoms with Crippen molar-refractivity contribution in [2.45, 2.75) is 58.3 Å². The van der Waals surface area contributed by atoms with E-state index in [0.717, 1.165) is 6.54 Å². The van der Waals surface area contributed by atoms with E-state index in [9.17, 15) is 0 Å². The van der Waals surface area contributed by atoms with E-state index in [2.05, 4.69) is 59.4 Å². The summed E-state index contributed by atoms with van der Waals surface area (Å²) in [5.74, 6) is 0.688. The predicted octanol–water partition coefficient (Wildman–Crippen LogP) is 5.50. The van der Waals surface area contributed by atoms with Crippen LogP contribution in [0.2, 0.25) is 0 Å². The zero-order valence-corrected chi connectivity index (χ0v) is 15.0. The fourth-order valence-corrected chi connectivity index (χ4v) is 4.76. The van der Waals surface area contributed by atoms with Crippen molar-refractivity contribution in [3.05, 3.63) is 34.3 Å². The first-order valence-electron chi connectivity index (χ1n) is 8.47. The van der Waals surface area contributed by atoms with E-state index in [1.807, 2.05) is 0 Å². The lowest BCUT2D eigenvalue weighted by Crippen LogP contribution is -2.43. The topological polar surface area (TPSA) is 12.0 Å². The summed E-state index contributed by atoms with van der Waals surface area (Å²) < 4.78 is 1.19. The Labute approximate surface area is 138 Å². The number of benzene rings is 1. The summed E-state index contributed by atoms with van der Waals surface area (Å²) in [5.41, 5.74) is 2.61. The van der Waals surface area contributed by atoms with Gasteiger partial charge >= 0.3 is 0 Å². The molecule has 0 amide bonds. The third-order valence-corrected chi connectivity index (χ3v) is 6.52. The summed E-state index contributed by atoms with van der Waals surface area (Å²) >= 11 is 3.57. The van der Waals surface area contributed by atoms with Crippen molar-refractivity contribution in [3.63, 3.8) is 0 Å². The number of halogens is 1. The third kappa shape index (κ3) is 3.37. The van der Waals surface area contributed by atoms with Gasteiger partial charge in [-0.2, -0.15) is 0 Å². The van der Waals surface area contributed by atoms with Crippen LogP contribution in [0.5, 0.6) is 0 Å². The number of hydrogen-bond acceptors (Lipinski definition) is 1. The molecular formula is C19H28BrN. The number of rotatable bonds is 1. The summed E-state index contributed by atoms with van der Waals surface area (Å²) in [6.45, 7) is 7.28. The van der Waals surface area contributed by atoms with Crippen LogP contribution in [0, 0.1) is 10.8 Å². The highest BCUT2D eigenvalue weighted by atomic mass is 79.9. The zero-order chi connectivity index (χ0) is 14.9. The van der Waals surface area contributed by atoms with Crippen molar-refractivity contribution in [3.8, 4) is 0 Å². The molecule has 1 saturated carbocycles. The molecule has 1 aromatic rings. The van der Waals surface area contributed by atoms with Crippen LogP contribution in [0.1, 0.15) is 63.9 Å². The maximum absolute atomic E-state index is 3.65. The van der Waals surface area contributed by atoms with Crippen molar-refractivity contribution in [1.29, 1.82) is 0 Å². The largest absolute Gasteiger partial charge is 0.316 e. The molecule has 2 heteroatoms. The van der Waals surface area contributed by atoms with Gasteiger partial charge in [0.1, 0.15) is 0 Å². The minimum absolute atomic E-state index is 0.535. The van der Waals surface area contributed by atoms with E-state index < -0.39 is 0 Å². The molecule has 0 bridgehead atoms. The van der Waals surface area contributed by atoms with Gasteiger partial charge in [-0.05, 0) is 67.2 Å². The smallest absolute Gasteiger partial charge is 0.0175 e. The predicted molar refractivity (Wildman–Crippen MR) is 93.7 cm³/mol. The molecule has 2 aliphatic rings. The first-order chi connectivity index (χ1) is 10.0. The van der Waals surface area contributed by atoms with Crippen LogP contribution in [-0.4, -0.2) is 13.1 Å². The zero-order valence-electron chi connectivity index (χ0n) is 13.4. The van der Waals surface area contributed by atoms with E-state index >= 15 is 0 Å². The normalized spacial score (nSPS) is 32.8. The van der Waals surface area contributed by atoms with Crippen molar-refractivity contribution >= 4 is 15.9 Å². The van der Waals surface area contributed by atoms with Crippen LogP contribution >= 0.6 is 15.9 Å². The molecule has 2 unspecified atom stereocenters. The lowest BCUT2D eigenvalue weighted by Gasteiger charge is -2.45. The SMILES string of the molecule is CC1(C)CCCC2(CCNCC2c2ccc(Br)cc2)CC1. The van der Waals surface area contributed by atoms with Gasteiger partial charge in [0.15, 0.2) is 0 Å². The quantitative estimate of drug-likeness (QED) is 0.705. The van der Waals surface area contributed by atoms with Gasteiger partial charge in [0.05, 0.1) is 0 Å². The van der Waals surface area contributed by atoms with Crippen LogP contribution in [0.25, 0.3) is 0 Å². The molecule has 2 atom stereocenters. The molecule has 1 aromatic carbocycles. The third-order valence-electron chi connectivity index (χ3n) is 5.99. The van der Waals surface area contributed by atoms with Crippen LogP contribution in [0.4, 0.5) is 0 Å². The van der Waals surface area contributed by atoms with Gasteiger partial charge in [-0.15, -0.1) is 0 Å². The Kier molecular flexibility index (Phi) is 4.47.